The fourth-order valence-corrected chi connectivity index (χ4v) is 4.00. The summed E-state index contributed by atoms with van der Waals surface area (Å²) in [7, 11) is 0. The van der Waals surface area contributed by atoms with E-state index in [0.717, 1.165) is 11.3 Å². The Balaban J connectivity index is 1.98. The topological polar surface area (TPSA) is 79.5 Å². The maximum atomic E-state index is 13.5. The van der Waals surface area contributed by atoms with E-state index < -0.39 is 18.4 Å². The van der Waals surface area contributed by atoms with Crippen LogP contribution in [-0.2, 0) is 4.74 Å². The number of hydrogen-bond acceptors (Lipinski definition) is 8. The number of likely N-dealkylation sites (tertiary alicyclic amines) is 1. The summed E-state index contributed by atoms with van der Waals surface area (Å²) in [6.07, 6.45) is 0.101. The number of thiazole rings is 1. The standard InChI is InChI=1S/C17H22F3N5O2S/c1-3-22-17(16(20)21-2)27-9-11-4-6-25(7-5-11)12(8-24-26)14-13(15(18)19)23-10-28-14/h3,10-12,15H,2,4-9H2,1H3/b17-16+,22-3-. The van der Waals surface area contributed by atoms with Crippen LogP contribution in [-0.4, -0.2) is 49.1 Å². The summed E-state index contributed by atoms with van der Waals surface area (Å²) < 4.78 is 45.3. The number of nitroso groups, excluding NO2 is 1. The summed E-state index contributed by atoms with van der Waals surface area (Å²) in [5.41, 5.74) is 1.07. The van der Waals surface area contributed by atoms with Gasteiger partial charge in [0.2, 0.25) is 0 Å². The maximum Gasteiger partial charge on any atom is 0.281 e. The second-order valence-electron chi connectivity index (χ2n) is 6.16. The third-order valence-corrected chi connectivity index (χ3v) is 5.43. The molecule has 2 rings (SSSR count). The van der Waals surface area contributed by atoms with Crippen molar-refractivity contribution in [2.45, 2.75) is 32.2 Å². The molecule has 1 aliphatic rings. The number of hydrogen-bond donors (Lipinski definition) is 0. The minimum atomic E-state index is -2.70. The van der Waals surface area contributed by atoms with Crippen molar-refractivity contribution in [2.24, 2.45) is 21.1 Å². The molecule has 0 aliphatic carbocycles. The molecule has 28 heavy (non-hydrogen) atoms. The molecule has 2 heterocycles. The molecule has 0 aromatic carbocycles. The summed E-state index contributed by atoms with van der Waals surface area (Å²) in [6, 6.07) is -0.515. The number of alkyl halides is 2. The van der Waals surface area contributed by atoms with Gasteiger partial charge in [0.05, 0.1) is 23.0 Å². The Hall–Kier alpha value is -2.14. The third kappa shape index (κ3) is 5.68. The molecule has 7 nitrogen and oxygen atoms in total. The SMILES string of the molecule is C=N/C(F)=C(\N=C/C)OCC1CCN(C(CN=O)c2scnc2C(F)F)CC1. The molecule has 0 spiro atoms. The highest BCUT2D eigenvalue weighted by Crippen LogP contribution is 2.35. The molecule has 0 bridgehead atoms. The number of halogens is 3. The third-order valence-electron chi connectivity index (χ3n) is 4.49. The zero-order valence-corrected chi connectivity index (χ0v) is 16.2. The lowest BCUT2D eigenvalue weighted by Gasteiger charge is -2.36. The van der Waals surface area contributed by atoms with Gasteiger partial charge in [0.15, 0.2) is 0 Å². The van der Waals surface area contributed by atoms with E-state index in [4.69, 9.17) is 4.74 Å². The smallest absolute Gasteiger partial charge is 0.281 e. The normalized spacial score (nSPS) is 18.3. The van der Waals surface area contributed by atoms with E-state index in [1.807, 2.05) is 4.90 Å². The van der Waals surface area contributed by atoms with Crippen molar-refractivity contribution in [2.75, 3.05) is 26.2 Å². The molecule has 1 aromatic heterocycles. The fraction of sp³-hybridized carbons (Fsp3) is 0.588. The molecule has 154 valence electrons. The highest BCUT2D eigenvalue weighted by atomic mass is 32.1. The lowest BCUT2D eigenvalue weighted by atomic mass is 9.96. The van der Waals surface area contributed by atoms with Crippen molar-refractivity contribution < 1.29 is 17.9 Å². The van der Waals surface area contributed by atoms with Crippen molar-refractivity contribution in [3.05, 3.63) is 32.8 Å². The van der Waals surface area contributed by atoms with E-state index in [9.17, 15) is 18.1 Å². The van der Waals surface area contributed by atoms with E-state index in [0.29, 0.717) is 30.8 Å². The van der Waals surface area contributed by atoms with E-state index in [2.05, 4.69) is 26.9 Å². The van der Waals surface area contributed by atoms with E-state index >= 15 is 0 Å². The molecule has 0 N–H and O–H groups in total. The highest BCUT2D eigenvalue weighted by Gasteiger charge is 2.31. The van der Waals surface area contributed by atoms with Crippen molar-refractivity contribution in [1.29, 1.82) is 0 Å². The Labute approximate surface area is 165 Å². The van der Waals surface area contributed by atoms with Gasteiger partial charge in [-0.3, -0.25) is 4.90 Å². The van der Waals surface area contributed by atoms with Crippen LogP contribution < -0.4 is 0 Å². The summed E-state index contributed by atoms with van der Waals surface area (Å²) in [6.45, 7) is 6.04. The van der Waals surface area contributed by atoms with Gasteiger partial charge in [-0.15, -0.1) is 11.3 Å². The first-order valence-corrected chi connectivity index (χ1v) is 9.62. The largest absolute Gasteiger partial charge is 0.474 e. The molecule has 0 radical (unpaired) electrons. The minimum absolute atomic E-state index is 0.114. The van der Waals surface area contributed by atoms with Crippen LogP contribution in [0.1, 0.15) is 42.8 Å². The Morgan fingerprint density at radius 3 is 2.79 bits per heavy atom. The van der Waals surface area contributed by atoms with Crippen LogP contribution in [0.3, 0.4) is 0 Å². The van der Waals surface area contributed by atoms with Gasteiger partial charge >= 0.3 is 0 Å². The van der Waals surface area contributed by atoms with Gasteiger partial charge in [0.1, 0.15) is 12.2 Å². The van der Waals surface area contributed by atoms with Crippen LogP contribution in [0.2, 0.25) is 0 Å². The number of aliphatic imine (C=N–C) groups is 2. The molecule has 1 aromatic rings. The van der Waals surface area contributed by atoms with E-state index in [1.54, 1.807) is 6.92 Å². The zero-order valence-electron chi connectivity index (χ0n) is 15.4. The van der Waals surface area contributed by atoms with Crippen LogP contribution in [0, 0.1) is 10.8 Å². The molecule has 1 aliphatic heterocycles. The van der Waals surface area contributed by atoms with E-state index in [-0.39, 0.29) is 30.6 Å². The fourth-order valence-electron chi connectivity index (χ4n) is 3.07. The first-order chi connectivity index (χ1) is 13.5. The van der Waals surface area contributed by atoms with Crippen molar-refractivity contribution in [1.82, 2.24) is 9.88 Å². The predicted molar refractivity (Wildman–Crippen MR) is 103 cm³/mol. The molecule has 1 saturated heterocycles. The van der Waals surface area contributed by atoms with Gasteiger partial charge < -0.3 is 4.74 Å². The lowest BCUT2D eigenvalue weighted by Crippen LogP contribution is -2.39. The van der Waals surface area contributed by atoms with E-state index in [1.165, 1.54) is 11.7 Å². The minimum Gasteiger partial charge on any atom is -0.474 e. The van der Waals surface area contributed by atoms with Gasteiger partial charge in [-0.1, -0.05) is 5.18 Å². The number of rotatable bonds is 10. The first kappa shape index (κ1) is 22.2. The summed E-state index contributed by atoms with van der Waals surface area (Å²) in [4.78, 5) is 23.9. The summed E-state index contributed by atoms with van der Waals surface area (Å²) in [5, 5.41) is 2.93. The second kappa shape index (κ2) is 11.0. The van der Waals surface area contributed by atoms with Gasteiger partial charge in [-0.05, 0) is 45.5 Å². The van der Waals surface area contributed by atoms with Crippen LogP contribution in [0.5, 0.6) is 0 Å². The first-order valence-electron chi connectivity index (χ1n) is 8.74. The maximum absolute atomic E-state index is 13.5. The molecule has 1 unspecified atom stereocenters. The Morgan fingerprint density at radius 2 is 2.21 bits per heavy atom. The molecule has 11 heteroatoms. The van der Waals surface area contributed by atoms with Crippen LogP contribution in [0.4, 0.5) is 13.2 Å². The van der Waals surface area contributed by atoms with Crippen molar-refractivity contribution in [3.8, 4) is 0 Å². The molecule has 0 saturated carbocycles. The second-order valence-corrected chi connectivity index (χ2v) is 7.05. The van der Waals surface area contributed by atoms with Crippen LogP contribution in [0.15, 0.2) is 32.5 Å². The average Bonchev–Trinajstić information content (AvgIpc) is 3.19. The number of aromatic nitrogens is 1. The predicted octanol–water partition coefficient (Wildman–Crippen LogP) is 4.50. The summed E-state index contributed by atoms with van der Waals surface area (Å²) in [5.74, 6) is -0.955. The number of nitrogens with zero attached hydrogens (tertiary/aromatic N) is 5. The Kier molecular flexibility index (Phi) is 8.71. The summed E-state index contributed by atoms with van der Waals surface area (Å²) >= 11 is 1.11. The molecule has 1 atom stereocenters. The van der Waals surface area contributed by atoms with Crippen molar-refractivity contribution >= 4 is 24.3 Å². The average molecular weight is 417 g/mol. The number of ether oxygens (including phenoxy) is 1. The zero-order chi connectivity index (χ0) is 20.5. The Morgan fingerprint density at radius 1 is 1.50 bits per heavy atom. The molecule has 0 amide bonds. The highest BCUT2D eigenvalue weighted by molar-refractivity contribution is 7.09. The molecular weight excluding hydrogens is 395 g/mol. The van der Waals surface area contributed by atoms with Gasteiger partial charge in [-0.25, -0.2) is 23.7 Å². The van der Waals surface area contributed by atoms with Crippen LogP contribution >= 0.6 is 11.3 Å². The van der Waals surface area contributed by atoms with Gasteiger partial charge in [0.25, 0.3) is 18.3 Å². The lowest BCUT2D eigenvalue weighted by molar-refractivity contribution is 0.0819. The van der Waals surface area contributed by atoms with Crippen molar-refractivity contribution in [3.63, 3.8) is 0 Å². The molecule has 1 fully saturated rings. The van der Waals surface area contributed by atoms with Gasteiger partial charge in [0, 0.05) is 6.21 Å². The Bertz CT molecular complexity index is 717. The quantitative estimate of drug-likeness (QED) is 0.243. The van der Waals surface area contributed by atoms with Gasteiger partial charge in [-0.2, -0.15) is 9.30 Å². The molecular formula is C17H22F3N5O2S. The monoisotopic (exact) mass is 417 g/mol. The number of piperidine rings is 1. The van der Waals surface area contributed by atoms with Crippen LogP contribution in [0.25, 0.3) is 0 Å².